The number of H-pyrrole nitrogens is 1. The van der Waals surface area contributed by atoms with Crippen molar-refractivity contribution in [2.75, 3.05) is 51.7 Å². The highest BCUT2D eigenvalue weighted by Crippen LogP contribution is 2.38. The van der Waals surface area contributed by atoms with Gasteiger partial charge in [-0.25, -0.2) is 14.4 Å². The zero-order chi connectivity index (χ0) is 30.7. The molecule has 3 aromatic carbocycles. The number of likely N-dealkylation sites (N-methyl/N-ethyl adjacent to an activating group) is 2. The van der Waals surface area contributed by atoms with Crippen LogP contribution in [0.3, 0.4) is 0 Å². The number of hydrogen-bond acceptors (Lipinski definition) is 8. The van der Waals surface area contributed by atoms with Crippen molar-refractivity contribution in [3.63, 3.8) is 0 Å². The fourth-order valence-electron chi connectivity index (χ4n) is 4.90. The Hall–Kier alpha value is -4.32. The number of aromatic hydroxyl groups is 1. The zero-order valence-electron chi connectivity index (χ0n) is 23.7. The molecule has 224 valence electrons. The predicted octanol–water partition coefficient (Wildman–Crippen LogP) is 3.50. The monoisotopic (exact) mass is 605 g/mol. The SMILES string of the molecule is CN1CCN(CC(=O)N(C)c2ccc(N=C(c3ccccc3)c3c(O)[nH]c4cc(C(=O)OP(=O)(O)O)ccc34)cc2)CC1. The van der Waals surface area contributed by atoms with E-state index in [1.807, 2.05) is 42.5 Å². The lowest BCUT2D eigenvalue weighted by molar-refractivity contribution is -0.119. The number of nitrogens with zero attached hydrogens (tertiary/aromatic N) is 4. The Morgan fingerprint density at radius 2 is 1.65 bits per heavy atom. The second-order valence-electron chi connectivity index (χ2n) is 10.4. The van der Waals surface area contributed by atoms with E-state index in [1.54, 1.807) is 30.1 Å². The predicted molar refractivity (Wildman–Crippen MR) is 163 cm³/mol. The fraction of sp³-hybridized carbons (Fsp3) is 0.233. The minimum Gasteiger partial charge on any atom is -0.494 e. The van der Waals surface area contributed by atoms with Crippen molar-refractivity contribution < 1.29 is 33.6 Å². The molecular weight excluding hydrogens is 573 g/mol. The molecule has 0 saturated carbocycles. The third kappa shape index (κ3) is 7.19. The van der Waals surface area contributed by atoms with Gasteiger partial charge in [-0.1, -0.05) is 36.4 Å². The van der Waals surface area contributed by atoms with E-state index in [2.05, 4.69) is 26.4 Å². The average molecular weight is 606 g/mol. The van der Waals surface area contributed by atoms with E-state index in [4.69, 9.17) is 14.8 Å². The van der Waals surface area contributed by atoms with Gasteiger partial charge >= 0.3 is 13.8 Å². The number of fused-ring (bicyclic) bond motifs is 1. The van der Waals surface area contributed by atoms with E-state index in [-0.39, 0.29) is 17.4 Å². The Labute approximate surface area is 248 Å². The number of benzene rings is 3. The molecule has 0 bridgehead atoms. The molecule has 1 aliphatic heterocycles. The van der Waals surface area contributed by atoms with Gasteiger partial charge in [0.2, 0.25) is 5.91 Å². The second kappa shape index (κ2) is 12.5. The molecule has 0 atom stereocenters. The Balaban J connectivity index is 1.44. The Kier molecular flexibility index (Phi) is 8.77. The number of carbonyl (C=O) groups is 2. The number of aliphatic imine (C=N–C) groups is 1. The van der Waals surface area contributed by atoms with Crippen molar-refractivity contribution in [1.29, 1.82) is 0 Å². The van der Waals surface area contributed by atoms with Gasteiger partial charge < -0.3 is 24.4 Å². The summed E-state index contributed by atoms with van der Waals surface area (Å²) in [6.07, 6.45) is 0. The van der Waals surface area contributed by atoms with Crippen molar-refractivity contribution in [2.24, 2.45) is 4.99 Å². The summed E-state index contributed by atoms with van der Waals surface area (Å²) in [6, 6.07) is 20.7. The van der Waals surface area contributed by atoms with Crippen LogP contribution in [0.1, 0.15) is 21.5 Å². The maximum atomic E-state index is 12.9. The summed E-state index contributed by atoms with van der Waals surface area (Å²) in [7, 11) is -1.20. The number of aromatic amines is 1. The van der Waals surface area contributed by atoms with Crippen molar-refractivity contribution >= 4 is 47.7 Å². The first kappa shape index (κ1) is 30.1. The van der Waals surface area contributed by atoms with Gasteiger partial charge in [-0.05, 0) is 43.4 Å². The van der Waals surface area contributed by atoms with Gasteiger partial charge in [0.25, 0.3) is 0 Å². The molecule has 0 radical (unpaired) electrons. The molecule has 1 fully saturated rings. The molecule has 1 saturated heterocycles. The summed E-state index contributed by atoms with van der Waals surface area (Å²) in [5.74, 6) is -1.41. The van der Waals surface area contributed by atoms with Crippen LogP contribution >= 0.6 is 7.82 Å². The van der Waals surface area contributed by atoms with Gasteiger partial charge in [-0.15, -0.1) is 0 Å². The van der Waals surface area contributed by atoms with Crippen LogP contribution in [0.2, 0.25) is 0 Å². The van der Waals surface area contributed by atoms with E-state index >= 15 is 0 Å². The van der Waals surface area contributed by atoms with E-state index < -0.39 is 13.8 Å². The van der Waals surface area contributed by atoms with Gasteiger partial charge in [-0.3, -0.25) is 19.5 Å². The van der Waals surface area contributed by atoms with Crippen LogP contribution in [-0.2, 0) is 13.9 Å². The fourth-order valence-corrected chi connectivity index (χ4v) is 5.22. The summed E-state index contributed by atoms with van der Waals surface area (Å²) >= 11 is 0. The standard InChI is InChI=1S/C30H32N5O7P/c1-33-14-16-35(17-15-33)19-26(36)34(2)23-11-9-22(10-12-23)31-28(20-6-4-3-5-7-20)27-24-13-8-21(18-25(24)32-29(27)37)30(38)42-43(39,40)41/h3-13,18,32,37H,14-17,19H2,1-2H3,(H2,39,40,41). The molecule has 4 aromatic rings. The molecule has 1 aromatic heterocycles. The van der Waals surface area contributed by atoms with Gasteiger partial charge in [0, 0.05) is 55.4 Å². The lowest BCUT2D eigenvalue weighted by Gasteiger charge is -2.32. The number of amides is 1. The normalized spacial score (nSPS) is 15.0. The number of rotatable bonds is 8. The zero-order valence-corrected chi connectivity index (χ0v) is 24.6. The quantitative estimate of drug-likeness (QED) is 0.174. The van der Waals surface area contributed by atoms with Crippen molar-refractivity contribution in [2.45, 2.75) is 0 Å². The third-order valence-corrected chi connectivity index (χ3v) is 7.71. The number of hydrogen-bond donors (Lipinski definition) is 4. The summed E-state index contributed by atoms with van der Waals surface area (Å²) in [4.78, 5) is 56.8. The van der Waals surface area contributed by atoms with Crippen molar-refractivity contribution in [1.82, 2.24) is 14.8 Å². The van der Waals surface area contributed by atoms with Crippen LogP contribution in [0.5, 0.6) is 5.88 Å². The van der Waals surface area contributed by atoms with E-state index in [0.29, 0.717) is 40.0 Å². The number of aromatic nitrogens is 1. The highest BCUT2D eigenvalue weighted by molar-refractivity contribution is 7.46. The largest absolute Gasteiger partial charge is 0.527 e. The van der Waals surface area contributed by atoms with Gasteiger partial charge in [0.15, 0.2) is 5.88 Å². The number of carbonyl (C=O) groups excluding carboxylic acids is 2. The van der Waals surface area contributed by atoms with E-state index in [0.717, 1.165) is 31.9 Å². The summed E-state index contributed by atoms with van der Waals surface area (Å²) < 4.78 is 15.3. The molecule has 2 heterocycles. The topological polar surface area (TPSA) is 159 Å². The highest BCUT2D eigenvalue weighted by Gasteiger charge is 2.24. The Morgan fingerprint density at radius 1 is 0.977 bits per heavy atom. The van der Waals surface area contributed by atoms with E-state index in [1.165, 1.54) is 12.1 Å². The van der Waals surface area contributed by atoms with Crippen LogP contribution in [-0.4, -0.2) is 94.1 Å². The average Bonchev–Trinajstić information content (AvgIpc) is 3.31. The van der Waals surface area contributed by atoms with Crippen molar-refractivity contribution in [3.05, 3.63) is 89.5 Å². The molecule has 0 unspecified atom stereocenters. The van der Waals surface area contributed by atoms with Crippen LogP contribution in [0.4, 0.5) is 11.4 Å². The molecule has 43 heavy (non-hydrogen) atoms. The summed E-state index contributed by atoms with van der Waals surface area (Å²) in [5.41, 5.74) is 3.08. The molecule has 13 heteroatoms. The molecule has 0 spiro atoms. The molecule has 1 amide bonds. The van der Waals surface area contributed by atoms with Crippen LogP contribution in [0.25, 0.3) is 10.9 Å². The first-order valence-corrected chi connectivity index (χ1v) is 15.1. The van der Waals surface area contributed by atoms with Gasteiger partial charge in [0.1, 0.15) is 0 Å². The molecule has 0 aliphatic carbocycles. The first-order chi connectivity index (χ1) is 20.5. The number of anilines is 1. The van der Waals surface area contributed by atoms with E-state index in [9.17, 15) is 19.3 Å². The summed E-state index contributed by atoms with van der Waals surface area (Å²) in [6.45, 7) is 3.92. The molecule has 1 aliphatic rings. The van der Waals surface area contributed by atoms with Crippen LogP contribution in [0, 0.1) is 0 Å². The first-order valence-electron chi connectivity index (χ1n) is 13.5. The number of phosphoric acid groups is 1. The van der Waals surface area contributed by atoms with Gasteiger partial charge in [-0.2, -0.15) is 0 Å². The number of piperazine rings is 1. The summed E-state index contributed by atoms with van der Waals surface area (Å²) in [5, 5.41) is 11.5. The lowest BCUT2D eigenvalue weighted by Crippen LogP contribution is -2.48. The minimum absolute atomic E-state index is 0.00135. The highest BCUT2D eigenvalue weighted by atomic mass is 31.2. The van der Waals surface area contributed by atoms with Crippen molar-refractivity contribution in [3.8, 4) is 5.88 Å². The molecule has 12 nitrogen and oxygen atoms in total. The Morgan fingerprint density at radius 3 is 2.30 bits per heavy atom. The third-order valence-electron chi connectivity index (χ3n) is 7.31. The molecular formula is C30H32N5O7P. The molecule has 5 rings (SSSR count). The second-order valence-corrected chi connectivity index (χ2v) is 11.5. The van der Waals surface area contributed by atoms with Gasteiger partial charge in [0.05, 0.1) is 29.1 Å². The minimum atomic E-state index is -5.03. The Bertz CT molecular complexity index is 1710. The number of phosphoric ester groups is 1. The maximum Gasteiger partial charge on any atom is 0.527 e. The number of nitrogens with one attached hydrogen (secondary N) is 1. The van der Waals surface area contributed by atoms with Crippen LogP contribution < -0.4 is 4.90 Å². The smallest absolute Gasteiger partial charge is 0.494 e. The maximum absolute atomic E-state index is 12.9. The lowest BCUT2D eigenvalue weighted by atomic mass is 10.00. The molecule has 4 N–H and O–H groups in total. The van der Waals surface area contributed by atoms with Crippen LogP contribution in [0.15, 0.2) is 77.8 Å².